The summed E-state index contributed by atoms with van der Waals surface area (Å²) < 4.78 is 10.6. The van der Waals surface area contributed by atoms with Gasteiger partial charge >= 0.3 is 0 Å². The number of halogens is 1. The summed E-state index contributed by atoms with van der Waals surface area (Å²) in [6, 6.07) is -0.450. The lowest BCUT2D eigenvalue weighted by Crippen LogP contribution is -2.48. The van der Waals surface area contributed by atoms with Gasteiger partial charge in [-0.25, -0.2) is 0 Å². The van der Waals surface area contributed by atoms with Gasteiger partial charge in [0.15, 0.2) is 0 Å². The number of carbonyl (C=O) groups excluding carboxylic acids is 1. The van der Waals surface area contributed by atoms with Gasteiger partial charge in [0, 0.05) is 6.54 Å². The number of ether oxygens (including phenoxy) is 2. The highest BCUT2D eigenvalue weighted by Crippen LogP contribution is 2.01. The first kappa shape index (κ1) is 15.6. The summed E-state index contributed by atoms with van der Waals surface area (Å²) in [5.74, 6) is 0.0210. The van der Waals surface area contributed by atoms with Gasteiger partial charge in [0.1, 0.15) is 0 Å². The van der Waals surface area contributed by atoms with Gasteiger partial charge in [-0.05, 0) is 5.92 Å². The summed E-state index contributed by atoms with van der Waals surface area (Å²) in [6.07, 6.45) is -0.0398. The van der Waals surface area contributed by atoms with Crippen LogP contribution >= 0.6 is 12.4 Å². The zero-order valence-electron chi connectivity index (χ0n) is 9.77. The predicted molar refractivity (Wildman–Crippen MR) is 63.6 cm³/mol. The second-order valence-corrected chi connectivity index (χ2v) is 4.08. The van der Waals surface area contributed by atoms with Crippen LogP contribution in [-0.2, 0) is 14.3 Å². The molecule has 1 fully saturated rings. The van der Waals surface area contributed by atoms with Gasteiger partial charge in [-0.3, -0.25) is 4.79 Å². The average molecular weight is 253 g/mol. The fourth-order valence-corrected chi connectivity index (χ4v) is 1.29. The number of hydrogen-bond donors (Lipinski definition) is 2. The normalized spacial score (nSPS) is 22.4. The lowest BCUT2D eigenvalue weighted by molar-refractivity contribution is -0.126. The lowest BCUT2D eigenvalue weighted by atomic mass is 10.1. The first-order valence-corrected chi connectivity index (χ1v) is 5.34. The third-order valence-corrected chi connectivity index (χ3v) is 2.41. The quantitative estimate of drug-likeness (QED) is 0.734. The molecule has 1 aliphatic heterocycles. The summed E-state index contributed by atoms with van der Waals surface area (Å²) in [5.41, 5.74) is 5.69. The Morgan fingerprint density at radius 3 is 2.69 bits per heavy atom. The van der Waals surface area contributed by atoms with Crippen molar-refractivity contribution in [2.24, 2.45) is 11.7 Å². The van der Waals surface area contributed by atoms with Gasteiger partial charge in [-0.15, -0.1) is 12.4 Å². The maximum Gasteiger partial charge on any atom is 0.237 e. The Bertz CT molecular complexity index is 208. The van der Waals surface area contributed by atoms with E-state index in [4.69, 9.17) is 15.2 Å². The molecule has 2 unspecified atom stereocenters. The lowest BCUT2D eigenvalue weighted by Gasteiger charge is -2.24. The van der Waals surface area contributed by atoms with E-state index in [1.54, 1.807) is 0 Å². The van der Waals surface area contributed by atoms with Crippen molar-refractivity contribution in [2.75, 3.05) is 26.4 Å². The molecule has 1 aliphatic rings. The van der Waals surface area contributed by atoms with Crippen LogP contribution in [0.25, 0.3) is 0 Å². The average Bonchev–Trinajstić information content (AvgIpc) is 2.26. The van der Waals surface area contributed by atoms with E-state index in [-0.39, 0.29) is 30.3 Å². The Morgan fingerprint density at radius 2 is 2.19 bits per heavy atom. The molecule has 6 heteroatoms. The molecule has 1 heterocycles. The third kappa shape index (κ3) is 5.12. The molecular formula is C10H21ClN2O3. The molecule has 1 saturated heterocycles. The first-order chi connectivity index (χ1) is 7.11. The second-order valence-electron chi connectivity index (χ2n) is 4.08. The van der Waals surface area contributed by atoms with Crippen molar-refractivity contribution in [2.45, 2.75) is 26.0 Å². The minimum absolute atomic E-state index is 0. The molecular weight excluding hydrogens is 232 g/mol. The van der Waals surface area contributed by atoms with Crippen molar-refractivity contribution in [1.29, 1.82) is 0 Å². The zero-order valence-corrected chi connectivity index (χ0v) is 10.6. The van der Waals surface area contributed by atoms with Gasteiger partial charge in [0.2, 0.25) is 5.91 Å². The molecule has 1 rings (SSSR count). The van der Waals surface area contributed by atoms with Crippen molar-refractivity contribution < 1.29 is 14.3 Å². The van der Waals surface area contributed by atoms with Crippen LogP contribution in [-0.4, -0.2) is 44.4 Å². The summed E-state index contributed by atoms with van der Waals surface area (Å²) in [6.45, 7) is 6.08. The van der Waals surface area contributed by atoms with Gasteiger partial charge < -0.3 is 20.5 Å². The van der Waals surface area contributed by atoms with Crippen LogP contribution in [0.5, 0.6) is 0 Å². The van der Waals surface area contributed by atoms with Crippen molar-refractivity contribution in [3.63, 3.8) is 0 Å². The van der Waals surface area contributed by atoms with Crippen molar-refractivity contribution in [3.05, 3.63) is 0 Å². The number of hydrogen-bond acceptors (Lipinski definition) is 4. The summed E-state index contributed by atoms with van der Waals surface area (Å²) >= 11 is 0. The van der Waals surface area contributed by atoms with E-state index < -0.39 is 6.04 Å². The molecule has 0 saturated carbocycles. The molecule has 0 radical (unpaired) electrons. The number of amides is 1. The molecule has 16 heavy (non-hydrogen) atoms. The highest BCUT2D eigenvalue weighted by Gasteiger charge is 2.19. The van der Waals surface area contributed by atoms with Crippen molar-refractivity contribution >= 4 is 18.3 Å². The van der Waals surface area contributed by atoms with Gasteiger partial charge in [-0.2, -0.15) is 0 Å². The fraction of sp³-hybridized carbons (Fsp3) is 0.900. The van der Waals surface area contributed by atoms with E-state index in [1.807, 2.05) is 13.8 Å². The van der Waals surface area contributed by atoms with Crippen LogP contribution in [0.15, 0.2) is 0 Å². The SMILES string of the molecule is CC(C)C(N)C(=O)NCC1COCCO1.Cl. The topological polar surface area (TPSA) is 73.6 Å². The Balaban J connectivity index is 0.00000225. The van der Waals surface area contributed by atoms with Crippen LogP contribution in [0.2, 0.25) is 0 Å². The molecule has 0 aromatic rings. The zero-order chi connectivity index (χ0) is 11.3. The maximum atomic E-state index is 11.5. The third-order valence-electron chi connectivity index (χ3n) is 2.41. The number of carbonyl (C=O) groups is 1. The molecule has 5 nitrogen and oxygen atoms in total. The van der Waals surface area contributed by atoms with Crippen LogP contribution < -0.4 is 11.1 Å². The predicted octanol–water partition coefficient (Wildman–Crippen LogP) is -0.0769. The summed E-state index contributed by atoms with van der Waals surface area (Å²) in [7, 11) is 0. The largest absolute Gasteiger partial charge is 0.376 e. The van der Waals surface area contributed by atoms with Crippen LogP contribution in [0.1, 0.15) is 13.8 Å². The number of nitrogens with one attached hydrogen (secondary N) is 1. The Labute approximate surface area is 102 Å². The maximum absolute atomic E-state index is 11.5. The van der Waals surface area contributed by atoms with Crippen molar-refractivity contribution in [3.8, 4) is 0 Å². The summed E-state index contributed by atoms with van der Waals surface area (Å²) in [5, 5.41) is 2.76. The minimum Gasteiger partial charge on any atom is -0.376 e. The highest BCUT2D eigenvalue weighted by atomic mass is 35.5. The van der Waals surface area contributed by atoms with E-state index in [9.17, 15) is 4.79 Å². The monoisotopic (exact) mass is 252 g/mol. The Kier molecular flexibility index (Phi) is 7.66. The molecule has 0 aromatic carbocycles. The van der Waals surface area contributed by atoms with Gasteiger partial charge in [-0.1, -0.05) is 13.8 Å². The molecule has 3 N–H and O–H groups in total. The molecule has 0 spiro atoms. The minimum atomic E-state index is -0.450. The fourth-order valence-electron chi connectivity index (χ4n) is 1.29. The van der Waals surface area contributed by atoms with E-state index in [0.717, 1.165) is 0 Å². The molecule has 0 aromatic heterocycles. The molecule has 2 atom stereocenters. The van der Waals surface area contributed by atoms with Gasteiger partial charge in [0.05, 0.1) is 32.0 Å². The number of nitrogens with two attached hydrogens (primary N) is 1. The van der Waals surface area contributed by atoms with E-state index in [0.29, 0.717) is 26.4 Å². The van der Waals surface area contributed by atoms with Crippen LogP contribution in [0.4, 0.5) is 0 Å². The van der Waals surface area contributed by atoms with Crippen LogP contribution in [0, 0.1) is 5.92 Å². The summed E-state index contributed by atoms with van der Waals surface area (Å²) in [4.78, 5) is 11.5. The molecule has 1 amide bonds. The first-order valence-electron chi connectivity index (χ1n) is 5.34. The van der Waals surface area contributed by atoms with E-state index >= 15 is 0 Å². The Hall–Kier alpha value is -0.360. The molecule has 0 aliphatic carbocycles. The van der Waals surface area contributed by atoms with Gasteiger partial charge in [0.25, 0.3) is 0 Å². The van der Waals surface area contributed by atoms with E-state index in [2.05, 4.69) is 5.32 Å². The Morgan fingerprint density at radius 1 is 1.50 bits per heavy atom. The van der Waals surface area contributed by atoms with Crippen LogP contribution in [0.3, 0.4) is 0 Å². The van der Waals surface area contributed by atoms with Crippen molar-refractivity contribution in [1.82, 2.24) is 5.32 Å². The number of rotatable bonds is 4. The smallest absolute Gasteiger partial charge is 0.237 e. The molecule has 0 bridgehead atoms. The molecule has 96 valence electrons. The standard InChI is InChI=1S/C10H20N2O3.ClH/c1-7(2)9(11)10(13)12-5-8-6-14-3-4-15-8;/h7-9H,3-6,11H2,1-2H3,(H,12,13);1H. The second kappa shape index (κ2) is 7.84. The van der Waals surface area contributed by atoms with E-state index in [1.165, 1.54) is 0 Å². The highest BCUT2D eigenvalue weighted by molar-refractivity contribution is 5.85.